The zero-order valence-electron chi connectivity index (χ0n) is 14.2. The van der Waals surface area contributed by atoms with Crippen molar-refractivity contribution in [1.29, 1.82) is 0 Å². The molecule has 0 amide bonds. The summed E-state index contributed by atoms with van der Waals surface area (Å²) in [5.41, 5.74) is 2.58. The highest BCUT2D eigenvalue weighted by Crippen LogP contribution is 2.25. The monoisotopic (exact) mass is 364 g/mol. The number of nitrogens with zero attached hydrogens (tertiary/aromatic N) is 2. The molecule has 0 aliphatic heterocycles. The molecule has 24 heavy (non-hydrogen) atoms. The molecule has 0 spiro atoms. The van der Waals surface area contributed by atoms with Crippen molar-refractivity contribution >= 4 is 35.4 Å². The van der Waals surface area contributed by atoms with E-state index in [-0.39, 0.29) is 0 Å². The maximum Gasteiger partial charge on any atom is 0.144 e. The van der Waals surface area contributed by atoms with Crippen LogP contribution in [0.4, 0.5) is 0 Å². The smallest absolute Gasteiger partial charge is 0.144 e. The minimum absolute atomic E-state index is 0.649. The topological polar surface area (TPSA) is 25.4 Å². The summed E-state index contributed by atoms with van der Waals surface area (Å²) in [5, 5.41) is 1.30. The minimum Gasteiger partial charge on any atom is -0.491 e. The van der Waals surface area contributed by atoms with Crippen molar-refractivity contribution in [3.8, 4) is 5.75 Å². The Morgan fingerprint density at radius 1 is 1.12 bits per heavy atom. The fourth-order valence-corrected chi connectivity index (χ4v) is 2.54. The van der Waals surface area contributed by atoms with Gasteiger partial charge in [-0.3, -0.25) is 0 Å². The Hall–Kier alpha value is -1.55. The van der Waals surface area contributed by atoms with Gasteiger partial charge in [0, 0.05) is 22.3 Å². The van der Waals surface area contributed by atoms with Gasteiger partial charge in [0.25, 0.3) is 0 Å². The summed E-state index contributed by atoms with van der Waals surface area (Å²) in [6, 6.07) is 9.29. The third-order valence-electron chi connectivity index (χ3n) is 3.41. The number of hydrogen-bond acceptors (Lipinski definition) is 3. The molecule has 1 heterocycles. The van der Waals surface area contributed by atoms with E-state index in [0.717, 1.165) is 35.7 Å². The number of rotatable bonds is 7. The van der Waals surface area contributed by atoms with Gasteiger partial charge < -0.3 is 9.64 Å². The lowest BCUT2D eigenvalue weighted by atomic mass is 10.2. The second-order valence-electron chi connectivity index (χ2n) is 5.84. The number of hydrogen-bond donors (Lipinski definition) is 0. The second kappa shape index (κ2) is 9.07. The van der Waals surface area contributed by atoms with Gasteiger partial charge in [0.05, 0.1) is 6.61 Å². The Balaban J connectivity index is 2.14. The van der Waals surface area contributed by atoms with Crippen molar-refractivity contribution in [3.63, 3.8) is 0 Å². The maximum absolute atomic E-state index is 6.20. The van der Waals surface area contributed by atoms with Crippen molar-refractivity contribution < 1.29 is 4.74 Å². The summed E-state index contributed by atoms with van der Waals surface area (Å²) >= 11 is 12.2. The van der Waals surface area contributed by atoms with Crippen LogP contribution >= 0.6 is 23.2 Å². The molecule has 1 aromatic carbocycles. The summed E-state index contributed by atoms with van der Waals surface area (Å²) in [6.45, 7) is 3.60. The summed E-state index contributed by atoms with van der Waals surface area (Å²) in [6.07, 6.45) is 4.78. The van der Waals surface area contributed by atoms with Crippen molar-refractivity contribution in [2.24, 2.45) is 0 Å². The SMILES string of the molecule is Cc1ccc(OCCCN(C)C)c(C=Cc2cc(Cl)ccc2Cl)n1. The first-order chi connectivity index (χ1) is 11.5. The van der Waals surface area contributed by atoms with Gasteiger partial charge >= 0.3 is 0 Å². The average Bonchev–Trinajstić information content (AvgIpc) is 2.53. The molecule has 0 N–H and O–H groups in total. The van der Waals surface area contributed by atoms with Crippen molar-refractivity contribution in [2.45, 2.75) is 13.3 Å². The summed E-state index contributed by atoms with van der Waals surface area (Å²) < 4.78 is 5.89. The van der Waals surface area contributed by atoms with E-state index in [1.807, 2.05) is 37.3 Å². The molecular weight excluding hydrogens is 343 g/mol. The van der Waals surface area contributed by atoms with Crippen LogP contribution in [0.3, 0.4) is 0 Å². The zero-order chi connectivity index (χ0) is 17.5. The Kier molecular flexibility index (Phi) is 7.10. The highest BCUT2D eigenvalue weighted by atomic mass is 35.5. The van der Waals surface area contributed by atoms with Crippen molar-refractivity contribution in [3.05, 3.63) is 57.3 Å². The molecule has 3 nitrogen and oxygen atoms in total. The van der Waals surface area contributed by atoms with E-state index in [1.165, 1.54) is 0 Å². The van der Waals surface area contributed by atoms with Crippen LogP contribution in [-0.2, 0) is 0 Å². The molecule has 0 unspecified atom stereocenters. The number of pyridine rings is 1. The molecule has 5 heteroatoms. The first-order valence-corrected chi connectivity index (χ1v) is 8.59. The number of aryl methyl sites for hydroxylation is 1. The van der Waals surface area contributed by atoms with E-state index in [1.54, 1.807) is 12.1 Å². The number of halogens is 2. The standard InChI is InChI=1S/C19H22Cl2N2O/c1-14-5-10-19(24-12-4-11-23(2)3)18(22-14)9-6-15-13-16(20)7-8-17(15)21/h5-10,13H,4,11-12H2,1-3H3. The van der Waals surface area contributed by atoms with Crippen LogP contribution in [-0.4, -0.2) is 37.1 Å². The van der Waals surface area contributed by atoms with Crippen LogP contribution in [0, 0.1) is 6.92 Å². The van der Waals surface area contributed by atoms with E-state index in [2.05, 4.69) is 24.0 Å². The predicted octanol–water partition coefficient (Wildman–Crippen LogP) is 5.20. The second-order valence-corrected chi connectivity index (χ2v) is 6.68. The largest absolute Gasteiger partial charge is 0.491 e. The Bertz CT molecular complexity index is 715. The Labute approximate surface area is 153 Å². The zero-order valence-corrected chi connectivity index (χ0v) is 15.7. The molecule has 0 atom stereocenters. The van der Waals surface area contributed by atoms with Crippen LogP contribution in [0.15, 0.2) is 30.3 Å². The van der Waals surface area contributed by atoms with E-state index >= 15 is 0 Å². The van der Waals surface area contributed by atoms with Gasteiger partial charge in [0.2, 0.25) is 0 Å². The molecule has 128 valence electrons. The molecule has 0 aliphatic carbocycles. The van der Waals surface area contributed by atoms with Gasteiger partial charge in [-0.15, -0.1) is 0 Å². The van der Waals surface area contributed by atoms with Crippen LogP contribution in [0.5, 0.6) is 5.75 Å². The van der Waals surface area contributed by atoms with Crippen LogP contribution in [0.25, 0.3) is 12.2 Å². The highest BCUT2D eigenvalue weighted by molar-refractivity contribution is 6.34. The summed E-state index contributed by atoms with van der Waals surface area (Å²) in [7, 11) is 4.10. The lowest BCUT2D eigenvalue weighted by Crippen LogP contribution is -2.15. The molecular formula is C19H22Cl2N2O. The molecule has 0 saturated heterocycles. The van der Waals surface area contributed by atoms with Gasteiger partial charge in [0.1, 0.15) is 11.4 Å². The average molecular weight is 365 g/mol. The van der Waals surface area contributed by atoms with Gasteiger partial charge in [0.15, 0.2) is 0 Å². The molecule has 2 aromatic rings. The van der Waals surface area contributed by atoms with Crippen LogP contribution in [0.2, 0.25) is 10.0 Å². The van der Waals surface area contributed by atoms with E-state index in [4.69, 9.17) is 27.9 Å². The van der Waals surface area contributed by atoms with E-state index in [0.29, 0.717) is 16.7 Å². The first-order valence-electron chi connectivity index (χ1n) is 7.84. The molecule has 1 aromatic heterocycles. The lowest BCUT2D eigenvalue weighted by molar-refractivity contribution is 0.280. The van der Waals surface area contributed by atoms with Gasteiger partial charge in [-0.1, -0.05) is 29.3 Å². The van der Waals surface area contributed by atoms with Gasteiger partial charge in [-0.2, -0.15) is 0 Å². The third-order valence-corrected chi connectivity index (χ3v) is 3.99. The molecule has 0 saturated carbocycles. The van der Waals surface area contributed by atoms with Crippen molar-refractivity contribution in [1.82, 2.24) is 9.88 Å². The number of ether oxygens (including phenoxy) is 1. The molecule has 0 radical (unpaired) electrons. The fraction of sp³-hybridized carbons (Fsp3) is 0.316. The summed E-state index contributed by atoms with van der Waals surface area (Å²) in [4.78, 5) is 6.69. The molecule has 0 aliphatic rings. The first kappa shape index (κ1) is 18.8. The van der Waals surface area contributed by atoms with Crippen LogP contribution < -0.4 is 4.74 Å². The quantitative estimate of drug-likeness (QED) is 0.631. The molecule has 0 bridgehead atoms. The van der Waals surface area contributed by atoms with Crippen molar-refractivity contribution in [2.75, 3.05) is 27.2 Å². The minimum atomic E-state index is 0.649. The van der Waals surface area contributed by atoms with Crippen LogP contribution in [0.1, 0.15) is 23.4 Å². The highest BCUT2D eigenvalue weighted by Gasteiger charge is 2.05. The summed E-state index contributed by atoms with van der Waals surface area (Å²) in [5.74, 6) is 0.772. The van der Waals surface area contributed by atoms with E-state index in [9.17, 15) is 0 Å². The molecule has 0 fully saturated rings. The predicted molar refractivity (Wildman–Crippen MR) is 103 cm³/mol. The maximum atomic E-state index is 6.20. The molecule has 2 rings (SSSR count). The van der Waals surface area contributed by atoms with Gasteiger partial charge in [-0.05, 0) is 69.4 Å². The number of aromatic nitrogens is 1. The Morgan fingerprint density at radius 2 is 1.92 bits per heavy atom. The number of benzene rings is 1. The van der Waals surface area contributed by atoms with E-state index < -0.39 is 0 Å². The normalized spacial score (nSPS) is 11.4. The fourth-order valence-electron chi connectivity index (χ4n) is 2.18. The lowest BCUT2D eigenvalue weighted by Gasteiger charge is -2.12. The Morgan fingerprint density at radius 3 is 2.67 bits per heavy atom. The third kappa shape index (κ3) is 5.82. The van der Waals surface area contributed by atoms with Gasteiger partial charge in [-0.25, -0.2) is 4.98 Å².